The van der Waals surface area contributed by atoms with Crippen LogP contribution in [0.2, 0.25) is 0 Å². The molecule has 1 fully saturated rings. The Morgan fingerprint density at radius 1 is 1.03 bits per heavy atom. The van der Waals surface area contributed by atoms with Gasteiger partial charge in [-0.25, -0.2) is 0 Å². The summed E-state index contributed by atoms with van der Waals surface area (Å²) in [6.45, 7) is 2.27. The minimum atomic E-state index is -0.933. The summed E-state index contributed by atoms with van der Waals surface area (Å²) in [6.07, 6.45) is -2.59. The molecule has 2 aromatic heterocycles. The maximum absolute atomic E-state index is 13.1. The summed E-state index contributed by atoms with van der Waals surface area (Å²) in [5, 5.41) is 27.9. The number of aromatic amines is 1. The molecule has 33 heavy (non-hydrogen) atoms. The molecule has 4 heterocycles. The van der Waals surface area contributed by atoms with Gasteiger partial charge in [-0.1, -0.05) is 36.4 Å². The van der Waals surface area contributed by atoms with Gasteiger partial charge in [-0.05, 0) is 24.6 Å². The summed E-state index contributed by atoms with van der Waals surface area (Å²) in [4.78, 5) is 16.7. The molecule has 1 amide bonds. The van der Waals surface area contributed by atoms with Gasteiger partial charge in [-0.3, -0.25) is 4.79 Å². The summed E-state index contributed by atoms with van der Waals surface area (Å²) in [6, 6.07) is 16.1. The number of rotatable bonds is 1. The van der Waals surface area contributed by atoms with E-state index in [-0.39, 0.29) is 12.3 Å². The maximum atomic E-state index is 13.1. The number of carbonyl (C=O) groups excluding carboxylic acids is 1. The van der Waals surface area contributed by atoms with E-state index in [2.05, 4.69) is 20.9 Å². The van der Waals surface area contributed by atoms with Gasteiger partial charge in [0.1, 0.15) is 12.3 Å². The van der Waals surface area contributed by atoms with Crippen molar-refractivity contribution in [3.05, 3.63) is 59.7 Å². The normalized spacial score (nSPS) is 25.4. The third kappa shape index (κ3) is 2.41. The molecule has 0 unspecified atom stereocenters. The second-order valence-corrected chi connectivity index (χ2v) is 9.16. The van der Waals surface area contributed by atoms with Crippen LogP contribution in [0.25, 0.3) is 43.6 Å². The van der Waals surface area contributed by atoms with Crippen molar-refractivity contribution in [2.45, 2.75) is 44.4 Å². The number of aromatic nitrogens is 2. The van der Waals surface area contributed by atoms with E-state index in [4.69, 9.17) is 4.74 Å². The zero-order valence-corrected chi connectivity index (χ0v) is 18.0. The van der Waals surface area contributed by atoms with Crippen molar-refractivity contribution >= 4 is 49.5 Å². The molecule has 5 aromatic rings. The Bertz CT molecular complexity index is 1600. The van der Waals surface area contributed by atoms with Crippen molar-refractivity contribution in [1.29, 1.82) is 0 Å². The Kier molecular flexibility index (Phi) is 3.81. The van der Waals surface area contributed by atoms with E-state index in [0.29, 0.717) is 12.1 Å². The molecule has 4 N–H and O–H groups in total. The van der Waals surface area contributed by atoms with Gasteiger partial charge in [-0.15, -0.1) is 0 Å². The highest BCUT2D eigenvalue weighted by Gasteiger charge is 2.38. The van der Waals surface area contributed by atoms with Crippen LogP contribution in [-0.4, -0.2) is 44.0 Å². The number of aliphatic hydroxyl groups excluding tert-OH is 2. The number of H-pyrrole nitrogens is 1. The fourth-order valence-electron chi connectivity index (χ4n) is 5.86. The molecular weight excluding hydrogens is 418 g/mol. The minimum Gasteiger partial charge on any atom is -0.390 e. The first-order chi connectivity index (χ1) is 16.0. The van der Waals surface area contributed by atoms with Crippen LogP contribution < -0.4 is 5.32 Å². The fourth-order valence-corrected chi connectivity index (χ4v) is 5.86. The average Bonchev–Trinajstić information content (AvgIpc) is 3.48. The fraction of sp³-hybridized carbons (Fsp3) is 0.269. The van der Waals surface area contributed by atoms with E-state index in [9.17, 15) is 15.0 Å². The molecule has 0 bridgehead atoms. The van der Waals surface area contributed by atoms with Crippen LogP contribution >= 0.6 is 0 Å². The zero-order valence-electron chi connectivity index (χ0n) is 18.0. The van der Waals surface area contributed by atoms with Gasteiger partial charge in [0.25, 0.3) is 5.91 Å². The van der Waals surface area contributed by atoms with Gasteiger partial charge in [0, 0.05) is 40.0 Å². The summed E-state index contributed by atoms with van der Waals surface area (Å²) in [7, 11) is 0. The molecule has 0 aliphatic carbocycles. The van der Waals surface area contributed by atoms with E-state index in [1.807, 2.05) is 42.5 Å². The predicted octanol–water partition coefficient (Wildman–Crippen LogP) is 3.70. The Balaban J connectivity index is 1.69. The lowest BCUT2D eigenvalue weighted by atomic mass is 9.97. The van der Waals surface area contributed by atoms with Gasteiger partial charge < -0.3 is 29.8 Å². The van der Waals surface area contributed by atoms with Gasteiger partial charge in [0.05, 0.1) is 34.3 Å². The third-order valence-corrected chi connectivity index (χ3v) is 7.34. The number of amides is 1. The number of fused-ring (bicyclic) bond motifs is 10. The van der Waals surface area contributed by atoms with Crippen LogP contribution in [0.15, 0.2) is 48.5 Å². The number of carbonyl (C=O) groups is 1. The number of nitrogens with one attached hydrogen (secondary N) is 2. The van der Waals surface area contributed by atoms with Crippen LogP contribution in [0.1, 0.15) is 35.5 Å². The average molecular weight is 441 g/mol. The first-order valence-corrected chi connectivity index (χ1v) is 11.3. The van der Waals surface area contributed by atoms with Gasteiger partial charge in [-0.2, -0.15) is 0 Å². The SMILES string of the molecule is C[C@@H]1O[C@@H](n2c3ccccc3c3c4c(c5c6ccccc6[nH]c5c32)CNC4=O)C[C@@H](O)[C@H]1O. The standard InChI is InChI=1S/C26H23N3O4/c1-12-25(31)18(30)10-19(33-12)29-17-9-5-3-7-14(17)21-22-15(11-27-26(22)32)20-13-6-2-4-8-16(13)28-23(20)24(21)29/h2-9,12,18-19,25,28,30-31H,10-11H2,1H3,(H,27,32)/t12-,18+,19+,25-/m0/s1. The number of benzene rings is 3. The monoisotopic (exact) mass is 441 g/mol. The molecule has 1 saturated heterocycles. The van der Waals surface area contributed by atoms with Gasteiger partial charge >= 0.3 is 0 Å². The van der Waals surface area contributed by atoms with Crippen molar-refractivity contribution in [3.8, 4) is 0 Å². The lowest BCUT2D eigenvalue weighted by Crippen LogP contribution is -2.45. The lowest BCUT2D eigenvalue weighted by Gasteiger charge is -2.36. The largest absolute Gasteiger partial charge is 0.390 e. The highest BCUT2D eigenvalue weighted by Crippen LogP contribution is 2.45. The smallest absolute Gasteiger partial charge is 0.252 e. The number of ether oxygens (including phenoxy) is 1. The summed E-state index contributed by atoms with van der Waals surface area (Å²) < 4.78 is 8.33. The van der Waals surface area contributed by atoms with E-state index in [0.717, 1.165) is 49.2 Å². The topological polar surface area (TPSA) is 99.5 Å². The van der Waals surface area contributed by atoms with Crippen molar-refractivity contribution < 1.29 is 19.7 Å². The quantitative estimate of drug-likeness (QED) is 0.319. The second-order valence-electron chi connectivity index (χ2n) is 9.16. The number of hydrogen-bond donors (Lipinski definition) is 4. The Morgan fingerprint density at radius 3 is 2.61 bits per heavy atom. The number of para-hydroxylation sites is 2. The third-order valence-electron chi connectivity index (χ3n) is 7.34. The molecule has 0 spiro atoms. The molecule has 7 heteroatoms. The molecule has 3 aromatic carbocycles. The van der Waals surface area contributed by atoms with Crippen molar-refractivity contribution in [1.82, 2.24) is 14.9 Å². The summed E-state index contributed by atoms with van der Waals surface area (Å²) >= 11 is 0. The first kappa shape index (κ1) is 19.1. The maximum Gasteiger partial charge on any atom is 0.252 e. The lowest BCUT2D eigenvalue weighted by molar-refractivity contribution is -0.182. The molecule has 166 valence electrons. The summed E-state index contributed by atoms with van der Waals surface area (Å²) in [5.74, 6) is -0.0709. The minimum absolute atomic E-state index is 0.0709. The number of aliphatic hydroxyl groups is 2. The highest BCUT2D eigenvalue weighted by molar-refractivity contribution is 6.30. The van der Waals surface area contributed by atoms with Crippen LogP contribution in [0, 0.1) is 0 Å². The van der Waals surface area contributed by atoms with Crippen LogP contribution in [0.3, 0.4) is 0 Å². The Labute approximate surface area is 188 Å². The van der Waals surface area contributed by atoms with E-state index < -0.39 is 24.5 Å². The molecule has 4 atom stereocenters. The molecule has 2 aliphatic rings. The van der Waals surface area contributed by atoms with Crippen LogP contribution in [0.5, 0.6) is 0 Å². The molecular formula is C26H23N3O4. The number of hydrogen-bond acceptors (Lipinski definition) is 4. The number of nitrogens with zero attached hydrogens (tertiary/aromatic N) is 1. The van der Waals surface area contributed by atoms with Gasteiger partial charge in [0.15, 0.2) is 0 Å². The Hall–Kier alpha value is -3.39. The van der Waals surface area contributed by atoms with Crippen molar-refractivity contribution in [2.75, 3.05) is 0 Å². The van der Waals surface area contributed by atoms with E-state index in [1.54, 1.807) is 6.92 Å². The highest BCUT2D eigenvalue weighted by atomic mass is 16.5. The van der Waals surface area contributed by atoms with Gasteiger partial charge in [0.2, 0.25) is 0 Å². The molecule has 0 saturated carbocycles. The molecule has 7 nitrogen and oxygen atoms in total. The predicted molar refractivity (Wildman–Crippen MR) is 126 cm³/mol. The molecule has 0 radical (unpaired) electrons. The zero-order chi connectivity index (χ0) is 22.4. The van der Waals surface area contributed by atoms with Crippen molar-refractivity contribution in [2.24, 2.45) is 0 Å². The van der Waals surface area contributed by atoms with Crippen LogP contribution in [0.4, 0.5) is 0 Å². The van der Waals surface area contributed by atoms with E-state index >= 15 is 0 Å². The van der Waals surface area contributed by atoms with Crippen molar-refractivity contribution in [3.63, 3.8) is 0 Å². The van der Waals surface area contributed by atoms with Crippen LogP contribution in [-0.2, 0) is 11.3 Å². The Morgan fingerprint density at radius 2 is 1.79 bits per heavy atom. The molecule has 7 rings (SSSR count). The first-order valence-electron chi connectivity index (χ1n) is 11.3. The molecule has 2 aliphatic heterocycles. The summed E-state index contributed by atoms with van der Waals surface area (Å²) in [5.41, 5.74) is 5.50. The van der Waals surface area contributed by atoms with E-state index in [1.165, 1.54) is 0 Å². The second kappa shape index (κ2) is 6.57.